The number of benzene rings is 2. The van der Waals surface area contributed by atoms with Crippen molar-refractivity contribution in [2.75, 3.05) is 13.2 Å². The lowest BCUT2D eigenvalue weighted by Crippen LogP contribution is -2.35. The first-order valence-corrected chi connectivity index (χ1v) is 8.80. The fraction of sp³-hybridized carbons (Fsp3) is 0.318. The highest BCUT2D eigenvalue weighted by Crippen LogP contribution is 2.37. The fourth-order valence-electron chi connectivity index (χ4n) is 3.46. The molecule has 0 fully saturated rings. The van der Waals surface area contributed by atoms with Gasteiger partial charge in [-0.2, -0.15) is 0 Å². The van der Waals surface area contributed by atoms with Crippen molar-refractivity contribution in [2.45, 2.75) is 32.9 Å². The van der Waals surface area contributed by atoms with E-state index in [2.05, 4.69) is 54.8 Å². The van der Waals surface area contributed by atoms with Gasteiger partial charge in [0.2, 0.25) is 0 Å². The maximum atomic E-state index is 12.2. The van der Waals surface area contributed by atoms with E-state index in [4.69, 9.17) is 4.74 Å². The number of hydrogen-bond donors (Lipinski definition) is 0. The van der Waals surface area contributed by atoms with Crippen molar-refractivity contribution in [3.8, 4) is 0 Å². The van der Waals surface area contributed by atoms with Crippen molar-refractivity contribution in [3.05, 3.63) is 77.4 Å². The molecule has 0 saturated heterocycles. The molecule has 0 aliphatic carbocycles. The van der Waals surface area contributed by atoms with E-state index in [1.807, 2.05) is 19.1 Å². The molecule has 1 heterocycles. The number of ether oxygens (including phenoxy) is 1. The van der Waals surface area contributed by atoms with E-state index in [1.165, 1.54) is 16.7 Å². The summed E-state index contributed by atoms with van der Waals surface area (Å²) in [7, 11) is 0. The molecule has 0 aromatic heterocycles. The number of carbonyl (C=O) groups excluding carboxylic acids is 1. The van der Waals surface area contributed by atoms with Crippen LogP contribution in [0.5, 0.6) is 0 Å². The van der Waals surface area contributed by atoms with Gasteiger partial charge in [-0.15, -0.1) is 0 Å². The van der Waals surface area contributed by atoms with Crippen LogP contribution in [0.25, 0.3) is 5.57 Å². The molecular weight excluding hydrogens is 310 g/mol. The van der Waals surface area contributed by atoms with Crippen LogP contribution in [0.3, 0.4) is 0 Å². The Kier molecular flexibility index (Phi) is 5.34. The van der Waals surface area contributed by atoms with Gasteiger partial charge in [0.05, 0.1) is 13.0 Å². The minimum absolute atomic E-state index is 0.0158. The third-order valence-electron chi connectivity index (χ3n) is 4.71. The van der Waals surface area contributed by atoms with E-state index in [-0.39, 0.29) is 12.0 Å². The Hall–Kier alpha value is -2.39. The van der Waals surface area contributed by atoms with Gasteiger partial charge in [-0.1, -0.05) is 60.7 Å². The van der Waals surface area contributed by atoms with Crippen molar-refractivity contribution >= 4 is 11.5 Å². The SMILES string of the molecule is C=C1CN(Cc2ccc(C)cc2)C(CC(=O)OCC)c2ccccc21. The van der Waals surface area contributed by atoms with Gasteiger partial charge >= 0.3 is 5.97 Å². The summed E-state index contributed by atoms with van der Waals surface area (Å²) in [5, 5.41) is 0. The van der Waals surface area contributed by atoms with Crippen LogP contribution in [0.15, 0.2) is 55.1 Å². The summed E-state index contributed by atoms with van der Waals surface area (Å²) < 4.78 is 5.21. The summed E-state index contributed by atoms with van der Waals surface area (Å²) in [4.78, 5) is 14.5. The highest BCUT2D eigenvalue weighted by molar-refractivity contribution is 5.74. The van der Waals surface area contributed by atoms with E-state index in [1.54, 1.807) is 0 Å². The monoisotopic (exact) mass is 335 g/mol. The van der Waals surface area contributed by atoms with Crippen LogP contribution in [0.1, 0.15) is 41.6 Å². The lowest BCUT2D eigenvalue weighted by atomic mass is 9.88. The molecule has 0 spiro atoms. The molecule has 2 aromatic rings. The number of aryl methyl sites for hydroxylation is 1. The first kappa shape index (κ1) is 17.4. The van der Waals surface area contributed by atoms with Crippen LogP contribution in [0.4, 0.5) is 0 Å². The molecule has 0 saturated carbocycles. The fourth-order valence-corrected chi connectivity index (χ4v) is 3.46. The first-order valence-electron chi connectivity index (χ1n) is 8.80. The Labute approximate surface area is 149 Å². The molecule has 1 atom stereocenters. The molecule has 0 bridgehead atoms. The third kappa shape index (κ3) is 3.99. The first-order chi connectivity index (χ1) is 12.1. The predicted molar refractivity (Wildman–Crippen MR) is 101 cm³/mol. The topological polar surface area (TPSA) is 29.5 Å². The lowest BCUT2D eigenvalue weighted by molar-refractivity contribution is -0.144. The Morgan fingerprint density at radius 3 is 2.64 bits per heavy atom. The predicted octanol–water partition coefficient (Wildman–Crippen LogP) is 4.52. The normalized spacial score (nSPS) is 17.2. The van der Waals surface area contributed by atoms with Crippen molar-refractivity contribution in [3.63, 3.8) is 0 Å². The molecule has 3 rings (SSSR count). The summed E-state index contributed by atoms with van der Waals surface area (Å²) in [6.45, 7) is 10.2. The molecule has 1 unspecified atom stereocenters. The Bertz CT molecular complexity index is 764. The highest BCUT2D eigenvalue weighted by Gasteiger charge is 2.31. The summed E-state index contributed by atoms with van der Waals surface area (Å²) in [6, 6.07) is 16.8. The van der Waals surface area contributed by atoms with Crippen LogP contribution in [0, 0.1) is 6.92 Å². The van der Waals surface area contributed by atoms with Gasteiger partial charge in [0.1, 0.15) is 0 Å². The van der Waals surface area contributed by atoms with Gasteiger partial charge in [0, 0.05) is 19.1 Å². The average Bonchev–Trinajstić information content (AvgIpc) is 2.60. The molecule has 1 aliphatic heterocycles. The van der Waals surface area contributed by atoms with Crippen LogP contribution >= 0.6 is 0 Å². The van der Waals surface area contributed by atoms with Crippen LogP contribution in [0.2, 0.25) is 0 Å². The minimum atomic E-state index is -0.149. The number of esters is 1. The van der Waals surface area contributed by atoms with Crippen LogP contribution < -0.4 is 0 Å². The highest BCUT2D eigenvalue weighted by atomic mass is 16.5. The summed E-state index contributed by atoms with van der Waals surface area (Å²) in [6.07, 6.45) is 0.365. The van der Waals surface area contributed by atoms with Gasteiger partial charge in [-0.05, 0) is 36.1 Å². The summed E-state index contributed by atoms with van der Waals surface area (Å²) >= 11 is 0. The molecule has 130 valence electrons. The zero-order valence-corrected chi connectivity index (χ0v) is 15.0. The molecule has 25 heavy (non-hydrogen) atoms. The smallest absolute Gasteiger partial charge is 0.307 e. The average molecular weight is 335 g/mol. The molecule has 0 radical (unpaired) electrons. The molecule has 3 nitrogen and oxygen atoms in total. The molecular formula is C22H25NO2. The summed E-state index contributed by atoms with van der Waals surface area (Å²) in [5.74, 6) is -0.149. The van der Waals surface area contributed by atoms with Gasteiger partial charge in [0.25, 0.3) is 0 Å². The molecule has 1 aliphatic rings. The van der Waals surface area contributed by atoms with E-state index in [0.29, 0.717) is 13.0 Å². The molecule has 0 N–H and O–H groups in total. The zero-order chi connectivity index (χ0) is 17.8. The van der Waals surface area contributed by atoms with Crippen LogP contribution in [-0.4, -0.2) is 24.0 Å². The molecule has 3 heteroatoms. The second-order valence-corrected chi connectivity index (χ2v) is 6.61. The van der Waals surface area contributed by atoms with Gasteiger partial charge in [0.15, 0.2) is 0 Å². The number of fused-ring (bicyclic) bond motifs is 1. The number of rotatable bonds is 5. The zero-order valence-electron chi connectivity index (χ0n) is 15.0. The number of hydrogen-bond acceptors (Lipinski definition) is 3. The Morgan fingerprint density at radius 1 is 1.20 bits per heavy atom. The van der Waals surface area contributed by atoms with E-state index >= 15 is 0 Å². The van der Waals surface area contributed by atoms with E-state index < -0.39 is 0 Å². The van der Waals surface area contributed by atoms with Crippen molar-refractivity contribution in [1.29, 1.82) is 0 Å². The van der Waals surface area contributed by atoms with Crippen molar-refractivity contribution in [2.24, 2.45) is 0 Å². The standard InChI is InChI=1S/C22H25NO2/c1-4-25-22(24)13-21-20-8-6-5-7-19(20)17(3)14-23(21)15-18-11-9-16(2)10-12-18/h5-12,21H,3-4,13-15H2,1-2H3. The van der Waals surface area contributed by atoms with Gasteiger partial charge < -0.3 is 4.74 Å². The Morgan fingerprint density at radius 2 is 1.92 bits per heavy atom. The quantitative estimate of drug-likeness (QED) is 0.753. The summed E-state index contributed by atoms with van der Waals surface area (Å²) in [5.41, 5.74) is 5.92. The number of carbonyl (C=O) groups is 1. The Balaban J connectivity index is 1.90. The third-order valence-corrected chi connectivity index (χ3v) is 4.71. The largest absolute Gasteiger partial charge is 0.466 e. The van der Waals surface area contributed by atoms with Gasteiger partial charge in [-0.25, -0.2) is 0 Å². The van der Waals surface area contributed by atoms with Crippen molar-refractivity contribution in [1.82, 2.24) is 4.90 Å². The maximum Gasteiger partial charge on any atom is 0.307 e. The van der Waals surface area contributed by atoms with E-state index in [9.17, 15) is 4.79 Å². The maximum absolute atomic E-state index is 12.2. The molecule has 2 aromatic carbocycles. The van der Waals surface area contributed by atoms with E-state index in [0.717, 1.165) is 24.2 Å². The van der Waals surface area contributed by atoms with Crippen molar-refractivity contribution < 1.29 is 9.53 Å². The lowest BCUT2D eigenvalue weighted by Gasteiger charge is -2.38. The number of nitrogens with zero attached hydrogens (tertiary/aromatic N) is 1. The second kappa shape index (κ2) is 7.66. The van der Waals surface area contributed by atoms with Gasteiger partial charge in [-0.3, -0.25) is 9.69 Å². The second-order valence-electron chi connectivity index (χ2n) is 6.61. The molecule has 0 amide bonds. The minimum Gasteiger partial charge on any atom is -0.466 e. The van der Waals surface area contributed by atoms with Crippen LogP contribution in [-0.2, 0) is 16.1 Å².